The fraction of sp³-hybridized carbons (Fsp3) is 0.118. The number of hydrogen-bond donors (Lipinski definition) is 3. The third-order valence-corrected chi connectivity index (χ3v) is 3.50. The van der Waals surface area contributed by atoms with Gasteiger partial charge in [0.15, 0.2) is 0 Å². The first kappa shape index (κ1) is 16.6. The zero-order valence-electron chi connectivity index (χ0n) is 13.1. The number of carbonyl (C=O) groups is 1. The van der Waals surface area contributed by atoms with Gasteiger partial charge in [-0.3, -0.25) is 0 Å². The summed E-state index contributed by atoms with van der Waals surface area (Å²) in [6, 6.07) is 12.3. The van der Waals surface area contributed by atoms with E-state index in [2.05, 4.69) is 20.8 Å². The molecule has 7 nitrogen and oxygen atoms in total. The molecule has 8 heteroatoms. The Labute approximate surface area is 143 Å². The van der Waals surface area contributed by atoms with Crippen molar-refractivity contribution in [2.24, 2.45) is 0 Å². The van der Waals surface area contributed by atoms with Gasteiger partial charge in [-0.25, -0.2) is 9.18 Å². The highest BCUT2D eigenvalue weighted by molar-refractivity contribution is 5.89. The highest BCUT2D eigenvalue weighted by atomic mass is 19.1. The van der Waals surface area contributed by atoms with Gasteiger partial charge in [0.05, 0.1) is 24.2 Å². The molecule has 0 spiro atoms. The van der Waals surface area contributed by atoms with E-state index < -0.39 is 18.0 Å². The van der Waals surface area contributed by atoms with Crippen molar-refractivity contribution in [3.05, 3.63) is 72.3 Å². The van der Waals surface area contributed by atoms with Crippen LogP contribution in [0.25, 0.3) is 5.69 Å². The lowest BCUT2D eigenvalue weighted by molar-refractivity contribution is 0.170. The molecule has 3 rings (SSSR count). The van der Waals surface area contributed by atoms with Gasteiger partial charge in [-0.2, -0.15) is 15.0 Å². The summed E-state index contributed by atoms with van der Waals surface area (Å²) in [6.45, 7) is -0.109. The number of nitrogens with zero attached hydrogens (tertiary/aromatic N) is 3. The van der Waals surface area contributed by atoms with Gasteiger partial charge in [0.2, 0.25) is 0 Å². The Balaban J connectivity index is 1.53. The van der Waals surface area contributed by atoms with E-state index in [9.17, 15) is 14.3 Å². The van der Waals surface area contributed by atoms with Crippen LogP contribution in [0.15, 0.2) is 60.9 Å². The number of anilines is 1. The predicted octanol–water partition coefficient (Wildman–Crippen LogP) is 2.26. The molecule has 0 fully saturated rings. The summed E-state index contributed by atoms with van der Waals surface area (Å²) >= 11 is 0. The van der Waals surface area contributed by atoms with Crippen molar-refractivity contribution < 1.29 is 14.3 Å². The van der Waals surface area contributed by atoms with Crippen LogP contribution in [0, 0.1) is 5.82 Å². The first-order valence-electron chi connectivity index (χ1n) is 7.57. The minimum Gasteiger partial charge on any atom is -0.386 e. The molecule has 0 saturated carbocycles. The number of carbonyl (C=O) groups excluding carboxylic acids is 1. The van der Waals surface area contributed by atoms with Gasteiger partial charge < -0.3 is 15.7 Å². The Morgan fingerprint density at radius 2 is 1.80 bits per heavy atom. The lowest BCUT2D eigenvalue weighted by Gasteiger charge is -2.13. The molecule has 2 aromatic carbocycles. The van der Waals surface area contributed by atoms with E-state index in [-0.39, 0.29) is 12.1 Å². The number of amides is 2. The maximum absolute atomic E-state index is 13.6. The van der Waals surface area contributed by atoms with Crippen LogP contribution in [0.5, 0.6) is 0 Å². The Morgan fingerprint density at radius 1 is 1.12 bits per heavy atom. The highest BCUT2D eigenvalue weighted by Gasteiger charge is 2.13. The van der Waals surface area contributed by atoms with Gasteiger partial charge in [-0.15, -0.1) is 0 Å². The number of halogens is 1. The smallest absolute Gasteiger partial charge is 0.319 e. The third-order valence-electron chi connectivity index (χ3n) is 3.50. The Hall–Kier alpha value is -3.26. The molecule has 0 aliphatic carbocycles. The van der Waals surface area contributed by atoms with E-state index in [1.54, 1.807) is 42.7 Å². The second kappa shape index (κ2) is 7.54. The van der Waals surface area contributed by atoms with Crippen molar-refractivity contribution in [2.75, 3.05) is 11.9 Å². The minimum atomic E-state index is -1.12. The summed E-state index contributed by atoms with van der Waals surface area (Å²) in [5.74, 6) is -0.514. The fourth-order valence-electron chi connectivity index (χ4n) is 2.25. The van der Waals surface area contributed by atoms with Crippen LogP contribution in [-0.4, -0.2) is 32.7 Å². The molecular weight excluding hydrogens is 325 g/mol. The zero-order chi connectivity index (χ0) is 17.6. The number of aliphatic hydroxyl groups excluding tert-OH is 1. The van der Waals surface area contributed by atoms with Crippen molar-refractivity contribution in [1.82, 2.24) is 20.3 Å². The molecule has 128 valence electrons. The molecule has 1 aromatic heterocycles. The van der Waals surface area contributed by atoms with Gasteiger partial charge >= 0.3 is 6.03 Å². The summed E-state index contributed by atoms with van der Waals surface area (Å²) in [7, 11) is 0. The second-order valence-corrected chi connectivity index (χ2v) is 5.24. The molecule has 0 saturated heterocycles. The molecule has 3 aromatic rings. The number of aromatic nitrogens is 3. The number of urea groups is 1. The summed E-state index contributed by atoms with van der Waals surface area (Å²) in [5, 5.41) is 23.1. The van der Waals surface area contributed by atoms with E-state index in [0.29, 0.717) is 5.69 Å². The van der Waals surface area contributed by atoms with Crippen LogP contribution in [0.1, 0.15) is 11.7 Å². The molecule has 25 heavy (non-hydrogen) atoms. The average molecular weight is 341 g/mol. The quantitative estimate of drug-likeness (QED) is 0.664. The number of hydrogen-bond acceptors (Lipinski definition) is 4. The van der Waals surface area contributed by atoms with Crippen molar-refractivity contribution in [2.45, 2.75) is 6.10 Å². The molecule has 1 unspecified atom stereocenters. The van der Waals surface area contributed by atoms with E-state index in [1.165, 1.54) is 23.0 Å². The predicted molar refractivity (Wildman–Crippen MR) is 89.7 cm³/mol. The second-order valence-electron chi connectivity index (χ2n) is 5.24. The van der Waals surface area contributed by atoms with Gasteiger partial charge in [-0.05, 0) is 30.3 Å². The molecule has 0 aliphatic rings. The highest BCUT2D eigenvalue weighted by Crippen LogP contribution is 2.16. The SMILES string of the molecule is O=C(NCC(O)c1ccccc1F)Nc1ccc(-n2nccn2)cc1. The van der Waals surface area contributed by atoms with E-state index in [4.69, 9.17) is 0 Å². The minimum absolute atomic E-state index is 0.109. The van der Waals surface area contributed by atoms with Crippen molar-refractivity contribution in [1.29, 1.82) is 0 Å². The maximum atomic E-state index is 13.6. The van der Waals surface area contributed by atoms with Crippen LogP contribution >= 0.6 is 0 Å². The van der Waals surface area contributed by atoms with Crippen molar-refractivity contribution >= 4 is 11.7 Å². The van der Waals surface area contributed by atoms with Gasteiger partial charge in [0, 0.05) is 17.8 Å². The lowest BCUT2D eigenvalue weighted by atomic mass is 10.1. The maximum Gasteiger partial charge on any atom is 0.319 e. The van der Waals surface area contributed by atoms with Crippen LogP contribution in [0.3, 0.4) is 0 Å². The standard InChI is InChI=1S/C17H16FN5O2/c18-15-4-2-1-3-14(15)16(24)11-19-17(25)22-12-5-7-13(8-6-12)23-20-9-10-21-23/h1-10,16,24H,11H2,(H2,19,22,25). The van der Waals surface area contributed by atoms with Gasteiger partial charge in [0.1, 0.15) is 5.82 Å². The van der Waals surface area contributed by atoms with Crippen LogP contribution in [0.2, 0.25) is 0 Å². The number of benzene rings is 2. The van der Waals surface area contributed by atoms with Crippen LogP contribution in [0.4, 0.5) is 14.9 Å². The third kappa shape index (κ3) is 4.18. The molecule has 1 heterocycles. The van der Waals surface area contributed by atoms with Crippen LogP contribution < -0.4 is 10.6 Å². The Morgan fingerprint density at radius 3 is 2.48 bits per heavy atom. The molecule has 2 amide bonds. The Bertz CT molecular complexity index is 837. The van der Waals surface area contributed by atoms with E-state index in [0.717, 1.165) is 5.69 Å². The number of aliphatic hydroxyl groups is 1. The molecule has 0 aliphatic heterocycles. The molecular formula is C17H16FN5O2. The molecule has 0 bridgehead atoms. The Kier molecular flexibility index (Phi) is 5.00. The van der Waals surface area contributed by atoms with Gasteiger partial charge in [-0.1, -0.05) is 18.2 Å². The largest absolute Gasteiger partial charge is 0.386 e. The summed E-state index contributed by atoms with van der Waals surface area (Å²) < 4.78 is 13.6. The molecule has 3 N–H and O–H groups in total. The average Bonchev–Trinajstić information content (AvgIpc) is 3.15. The zero-order valence-corrected chi connectivity index (χ0v) is 13.1. The summed E-state index contributed by atoms with van der Waals surface area (Å²) in [6.07, 6.45) is 2.02. The number of nitrogens with one attached hydrogen (secondary N) is 2. The monoisotopic (exact) mass is 341 g/mol. The van der Waals surface area contributed by atoms with Crippen LogP contribution in [-0.2, 0) is 0 Å². The van der Waals surface area contributed by atoms with E-state index >= 15 is 0 Å². The van der Waals surface area contributed by atoms with Crippen molar-refractivity contribution in [3.8, 4) is 5.69 Å². The molecule has 0 radical (unpaired) electrons. The first-order chi connectivity index (χ1) is 12.1. The number of rotatable bonds is 5. The normalized spacial score (nSPS) is 11.8. The topological polar surface area (TPSA) is 92.1 Å². The van der Waals surface area contributed by atoms with E-state index in [1.807, 2.05) is 0 Å². The lowest BCUT2D eigenvalue weighted by Crippen LogP contribution is -2.32. The van der Waals surface area contributed by atoms with Crippen molar-refractivity contribution in [3.63, 3.8) is 0 Å². The molecule has 1 atom stereocenters. The van der Waals surface area contributed by atoms with Gasteiger partial charge in [0.25, 0.3) is 0 Å². The fourth-order valence-corrected chi connectivity index (χ4v) is 2.25. The summed E-state index contributed by atoms with van der Waals surface area (Å²) in [4.78, 5) is 13.3. The summed E-state index contributed by atoms with van der Waals surface area (Å²) in [5.41, 5.74) is 1.46. The first-order valence-corrected chi connectivity index (χ1v) is 7.57.